The molecule has 2 aromatic rings. The molecule has 2 heterocycles. The van der Waals surface area contributed by atoms with E-state index in [-0.39, 0.29) is 0 Å². The molecule has 5 heteroatoms. The van der Waals surface area contributed by atoms with Gasteiger partial charge in [-0.15, -0.1) is 16.4 Å². The number of aromatic nitrogens is 3. The summed E-state index contributed by atoms with van der Waals surface area (Å²) in [5, 5.41) is 18.5. The summed E-state index contributed by atoms with van der Waals surface area (Å²) in [4.78, 5) is 2.49. The highest BCUT2D eigenvalue weighted by Crippen LogP contribution is 2.35. The maximum absolute atomic E-state index is 10.5. The zero-order valence-corrected chi connectivity index (χ0v) is 12.0. The van der Waals surface area contributed by atoms with Crippen molar-refractivity contribution in [1.29, 1.82) is 0 Å². The quantitative estimate of drug-likeness (QED) is 0.935. The van der Waals surface area contributed by atoms with Crippen molar-refractivity contribution in [2.24, 2.45) is 0 Å². The normalized spacial score (nSPS) is 16.3. The average Bonchev–Trinajstić information content (AvgIpc) is 3.04. The second-order valence-electron chi connectivity index (χ2n) is 5.09. The van der Waals surface area contributed by atoms with Crippen LogP contribution in [0.3, 0.4) is 0 Å². The van der Waals surface area contributed by atoms with Crippen LogP contribution in [0.25, 0.3) is 0 Å². The predicted octanol–water partition coefficient (Wildman–Crippen LogP) is 2.71. The molecule has 0 bridgehead atoms. The van der Waals surface area contributed by atoms with Crippen molar-refractivity contribution in [3.05, 3.63) is 33.3 Å². The van der Waals surface area contributed by atoms with Crippen LogP contribution in [0.5, 0.6) is 0 Å². The lowest BCUT2D eigenvalue weighted by Crippen LogP contribution is -2.09. The molecular formula is C14H19N3OS. The number of aliphatic hydroxyl groups is 1. The average molecular weight is 277 g/mol. The van der Waals surface area contributed by atoms with Crippen LogP contribution in [0.1, 0.15) is 53.3 Å². The van der Waals surface area contributed by atoms with Gasteiger partial charge < -0.3 is 5.11 Å². The predicted molar refractivity (Wildman–Crippen MR) is 75.3 cm³/mol. The minimum absolute atomic E-state index is 0.586. The number of hydrogen-bond donors (Lipinski definition) is 1. The third kappa shape index (κ3) is 2.44. The van der Waals surface area contributed by atoms with Gasteiger partial charge in [0.2, 0.25) is 0 Å². The molecule has 102 valence electrons. The van der Waals surface area contributed by atoms with Crippen molar-refractivity contribution < 1.29 is 5.11 Å². The standard InChI is InChI=1S/C14H19N3OS/c1-2-7-17-11(9-15-16-17)14(18)13-8-10-5-3-4-6-12(10)19-13/h8-9,14,18H,2-7H2,1H3. The Hall–Kier alpha value is -1.20. The van der Waals surface area contributed by atoms with Gasteiger partial charge in [-0.25, -0.2) is 4.68 Å². The first-order chi connectivity index (χ1) is 9.29. The van der Waals surface area contributed by atoms with Crippen molar-refractivity contribution in [3.8, 4) is 0 Å². The molecular weight excluding hydrogens is 258 g/mol. The largest absolute Gasteiger partial charge is 0.381 e. The molecule has 1 aliphatic carbocycles. The lowest BCUT2D eigenvalue weighted by molar-refractivity contribution is 0.211. The Kier molecular flexibility index (Phi) is 3.66. The summed E-state index contributed by atoms with van der Waals surface area (Å²) in [5.74, 6) is 0. The number of nitrogens with zero attached hydrogens (tertiary/aromatic N) is 3. The topological polar surface area (TPSA) is 50.9 Å². The lowest BCUT2D eigenvalue weighted by Gasteiger charge is -2.09. The first-order valence-corrected chi connectivity index (χ1v) is 7.79. The molecule has 1 N–H and O–H groups in total. The van der Waals surface area contributed by atoms with Crippen LogP contribution in [0.15, 0.2) is 12.3 Å². The van der Waals surface area contributed by atoms with Gasteiger partial charge in [0.1, 0.15) is 6.10 Å². The highest BCUT2D eigenvalue weighted by atomic mass is 32.1. The molecule has 0 saturated heterocycles. The van der Waals surface area contributed by atoms with Crippen molar-refractivity contribution in [2.75, 3.05) is 0 Å². The van der Waals surface area contributed by atoms with Gasteiger partial charge in [-0.3, -0.25) is 0 Å². The molecule has 0 spiro atoms. The highest BCUT2D eigenvalue weighted by Gasteiger charge is 2.21. The molecule has 0 fully saturated rings. The molecule has 0 saturated carbocycles. The summed E-state index contributed by atoms with van der Waals surface area (Å²) in [6.45, 7) is 2.90. The number of fused-ring (bicyclic) bond motifs is 1. The summed E-state index contributed by atoms with van der Waals surface area (Å²) in [6.07, 6.45) is 6.96. The molecule has 0 aliphatic heterocycles. The monoisotopic (exact) mass is 277 g/mol. The van der Waals surface area contributed by atoms with E-state index in [1.165, 1.54) is 29.7 Å². The maximum Gasteiger partial charge on any atom is 0.131 e. The number of aliphatic hydroxyl groups excluding tert-OH is 1. The van der Waals surface area contributed by atoms with E-state index in [2.05, 4.69) is 23.3 Å². The first kappa shape index (κ1) is 12.8. The smallest absolute Gasteiger partial charge is 0.131 e. The van der Waals surface area contributed by atoms with E-state index in [1.54, 1.807) is 17.5 Å². The second-order valence-corrected chi connectivity index (χ2v) is 6.26. The van der Waals surface area contributed by atoms with E-state index >= 15 is 0 Å². The number of hydrogen-bond acceptors (Lipinski definition) is 4. The molecule has 1 aliphatic rings. The summed E-state index contributed by atoms with van der Waals surface area (Å²) < 4.78 is 1.81. The summed E-state index contributed by atoms with van der Waals surface area (Å²) in [6, 6.07) is 2.17. The van der Waals surface area contributed by atoms with E-state index in [4.69, 9.17) is 0 Å². The van der Waals surface area contributed by atoms with Gasteiger partial charge in [0.25, 0.3) is 0 Å². The van der Waals surface area contributed by atoms with Crippen LogP contribution in [0.2, 0.25) is 0 Å². The van der Waals surface area contributed by atoms with Gasteiger partial charge in [0, 0.05) is 16.3 Å². The highest BCUT2D eigenvalue weighted by molar-refractivity contribution is 7.12. The molecule has 2 aromatic heterocycles. The Morgan fingerprint density at radius 1 is 1.42 bits per heavy atom. The Morgan fingerprint density at radius 3 is 3.05 bits per heavy atom. The van der Waals surface area contributed by atoms with Gasteiger partial charge in [-0.2, -0.15) is 0 Å². The van der Waals surface area contributed by atoms with Crippen molar-refractivity contribution in [3.63, 3.8) is 0 Å². The Balaban J connectivity index is 1.88. The Morgan fingerprint density at radius 2 is 2.26 bits per heavy atom. The minimum Gasteiger partial charge on any atom is -0.381 e. The summed E-state index contributed by atoms with van der Waals surface area (Å²) in [5.41, 5.74) is 2.24. The molecule has 4 nitrogen and oxygen atoms in total. The number of aryl methyl sites for hydroxylation is 3. The fourth-order valence-electron chi connectivity index (χ4n) is 2.66. The number of rotatable bonds is 4. The fraction of sp³-hybridized carbons (Fsp3) is 0.571. The van der Waals surface area contributed by atoms with E-state index in [1.807, 2.05) is 4.68 Å². The molecule has 3 rings (SSSR count). The molecule has 19 heavy (non-hydrogen) atoms. The molecule has 1 atom stereocenters. The van der Waals surface area contributed by atoms with E-state index in [9.17, 15) is 5.11 Å². The van der Waals surface area contributed by atoms with Crippen LogP contribution < -0.4 is 0 Å². The third-order valence-electron chi connectivity index (χ3n) is 3.65. The fourth-order valence-corrected chi connectivity index (χ4v) is 3.91. The van der Waals surface area contributed by atoms with Gasteiger partial charge in [0.15, 0.2) is 0 Å². The summed E-state index contributed by atoms with van der Waals surface area (Å²) >= 11 is 1.75. The zero-order chi connectivity index (χ0) is 13.2. The maximum atomic E-state index is 10.5. The van der Waals surface area contributed by atoms with E-state index in [0.29, 0.717) is 0 Å². The van der Waals surface area contributed by atoms with Crippen molar-refractivity contribution >= 4 is 11.3 Å². The molecule has 0 amide bonds. The summed E-state index contributed by atoms with van der Waals surface area (Å²) in [7, 11) is 0. The van der Waals surface area contributed by atoms with Crippen LogP contribution in [-0.2, 0) is 19.4 Å². The second kappa shape index (κ2) is 5.43. The van der Waals surface area contributed by atoms with Gasteiger partial charge in [-0.1, -0.05) is 12.1 Å². The SMILES string of the molecule is CCCn1nncc1C(O)c1cc2c(s1)CCCC2. The Bertz CT molecular complexity index is 537. The van der Waals surface area contributed by atoms with Gasteiger partial charge >= 0.3 is 0 Å². The third-order valence-corrected chi connectivity index (χ3v) is 4.94. The zero-order valence-electron chi connectivity index (χ0n) is 11.2. The van der Waals surface area contributed by atoms with Crippen molar-refractivity contribution in [2.45, 2.75) is 51.7 Å². The van der Waals surface area contributed by atoms with Crippen LogP contribution in [-0.4, -0.2) is 20.1 Å². The van der Waals surface area contributed by atoms with Crippen molar-refractivity contribution in [1.82, 2.24) is 15.0 Å². The number of thiophene rings is 1. The van der Waals surface area contributed by atoms with Gasteiger partial charge in [-0.05, 0) is 43.7 Å². The Labute approximate surface area is 117 Å². The van der Waals surface area contributed by atoms with E-state index in [0.717, 1.165) is 30.0 Å². The van der Waals surface area contributed by atoms with Crippen LogP contribution in [0.4, 0.5) is 0 Å². The molecule has 1 unspecified atom stereocenters. The van der Waals surface area contributed by atoms with Gasteiger partial charge in [0.05, 0.1) is 11.9 Å². The molecule has 0 aromatic carbocycles. The first-order valence-electron chi connectivity index (χ1n) is 6.97. The molecule has 0 radical (unpaired) electrons. The lowest BCUT2D eigenvalue weighted by atomic mass is 9.99. The minimum atomic E-state index is -0.586. The van der Waals surface area contributed by atoms with Crippen LogP contribution >= 0.6 is 11.3 Å². The van der Waals surface area contributed by atoms with E-state index < -0.39 is 6.10 Å². The van der Waals surface area contributed by atoms with Crippen LogP contribution in [0, 0.1) is 0 Å².